The summed E-state index contributed by atoms with van der Waals surface area (Å²) in [6, 6.07) is 23.0. The summed E-state index contributed by atoms with van der Waals surface area (Å²) in [5.41, 5.74) is 1.15. The molecule has 3 aromatic rings. The number of carbonyl (C=O) groups is 5. The SMILES string of the molecule is COc1ccc(C2C3=CCC4C(=O)N(CCC(=O)O)C(=O)C4C3CC3C(=O)C(c4ccccc4)=CC(=O)C32c2ccccc2)c(O)c1. The van der Waals surface area contributed by atoms with E-state index in [0.717, 1.165) is 4.90 Å². The Kier molecular flexibility index (Phi) is 7.42. The fraction of sp³-hybridized carbons (Fsp3) is 0.289. The highest BCUT2D eigenvalue weighted by molar-refractivity contribution is 6.31. The van der Waals surface area contributed by atoms with Gasteiger partial charge in [-0.05, 0) is 42.0 Å². The van der Waals surface area contributed by atoms with Gasteiger partial charge < -0.3 is 14.9 Å². The van der Waals surface area contributed by atoms with Gasteiger partial charge >= 0.3 is 5.97 Å². The summed E-state index contributed by atoms with van der Waals surface area (Å²) >= 11 is 0. The number of rotatable bonds is 7. The number of phenols is 1. The van der Waals surface area contributed by atoms with E-state index in [1.54, 1.807) is 36.4 Å². The second kappa shape index (κ2) is 11.5. The van der Waals surface area contributed by atoms with E-state index in [1.165, 1.54) is 19.3 Å². The molecule has 3 aromatic carbocycles. The van der Waals surface area contributed by atoms with Gasteiger partial charge in [0.2, 0.25) is 11.8 Å². The molecule has 238 valence electrons. The van der Waals surface area contributed by atoms with Crippen molar-refractivity contribution in [3.05, 3.63) is 113 Å². The van der Waals surface area contributed by atoms with Crippen LogP contribution in [0.25, 0.3) is 5.57 Å². The van der Waals surface area contributed by atoms with E-state index >= 15 is 0 Å². The van der Waals surface area contributed by atoms with E-state index in [4.69, 9.17) is 4.74 Å². The van der Waals surface area contributed by atoms with Gasteiger partial charge in [0.1, 0.15) is 11.5 Å². The van der Waals surface area contributed by atoms with Crippen LogP contribution >= 0.6 is 0 Å². The van der Waals surface area contributed by atoms with Crippen molar-refractivity contribution in [2.75, 3.05) is 13.7 Å². The summed E-state index contributed by atoms with van der Waals surface area (Å²) in [5.74, 6) is -6.21. The molecule has 3 aliphatic carbocycles. The number of hydrogen-bond donors (Lipinski definition) is 2. The van der Waals surface area contributed by atoms with Gasteiger partial charge in [-0.25, -0.2) is 0 Å². The molecule has 2 fully saturated rings. The van der Waals surface area contributed by atoms with Gasteiger partial charge in [0, 0.05) is 35.6 Å². The number of likely N-dealkylation sites (tertiary alicyclic amines) is 1. The van der Waals surface area contributed by atoms with Gasteiger partial charge in [-0.1, -0.05) is 78.4 Å². The van der Waals surface area contributed by atoms with E-state index in [1.807, 2.05) is 42.5 Å². The maximum absolute atomic E-state index is 15.0. The van der Waals surface area contributed by atoms with Crippen molar-refractivity contribution in [3.63, 3.8) is 0 Å². The normalized spacial score (nSPS) is 28.2. The number of carboxylic acid groups (broad SMARTS) is 1. The second-order valence-corrected chi connectivity index (χ2v) is 12.7. The Balaban J connectivity index is 1.47. The number of ether oxygens (including phenoxy) is 1. The lowest BCUT2D eigenvalue weighted by atomic mass is 9.44. The molecule has 4 aliphatic rings. The molecule has 9 nitrogen and oxygen atoms in total. The number of allylic oxidation sites excluding steroid dienone is 4. The molecule has 1 aliphatic heterocycles. The Morgan fingerprint density at radius 2 is 1.64 bits per heavy atom. The number of carboxylic acids is 1. The average molecular weight is 632 g/mol. The minimum absolute atomic E-state index is 0.121. The average Bonchev–Trinajstić information content (AvgIpc) is 3.33. The van der Waals surface area contributed by atoms with Crippen LogP contribution in [0.3, 0.4) is 0 Å². The molecule has 0 aromatic heterocycles. The molecule has 1 heterocycles. The smallest absolute Gasteiger partial charge is 0.305 e. The number of phenolic OH excluding ortho intramolecular Hbond substituents is 1. The molecule has 1 saturated heterocycles. The first kappa shape index (κ1) is 30.3. The minimum Gasteiger partial charge on any atom is -0.508 e. The minimum atomic E-state index is -1.47. The lowest BCUT2D eigenvalue weighted by Crippen LogP contribution is -2.58. The summed E-state index contributed by atoms with van der Waals surface area (Å²) in [6.45, 7) is -0.236. The molecular formula is C38H33NO8. The predicted molar refractivity (Wildman–Crippen MR) is 170 cm³/mol. The molecule has 6 unspecified atom stereocenters. The predicted octanol–water partition coefficient (Wildman–Crippen LogP) is 4.70. The Morgan fingerprint density at radius 1 is 0.936 bits per heavy atom. The van der Waals surface area contributed by atoms with Crippen LogP contribution in [-0.4, -0.2) is 58.1 Å². The second-order valence-electron chi connectivity index (χ2n) is 12.7. The number of imide groups is 1. The largest absolute Gasteiger partial charge is 0.508 e. The molecule has 9 heteroatoms. The quantitative estimate of drug-likeness (QED) is 0.283. The fourth-order valence-electron chi connectivity index (χ4n) is 8.61. The molecule has 2 amide bonds. The number of fused-ring (bicyclic) bond motifs is 4. The van der Waals surface area contributed by atoms with Gasteiger partial charge in [-0.2, -0.15) is 0 Å². The van der Waals surface area contributed by atoms with Crippen LogP contribution < -0.4 is 4.74 Å². The zero-order valence-electron chi connectivity index (χ0n) is 25.7. The van der Waals surface area contributed by atoms with Crippen LogP contribution in [0, 0.1) is 23.7 Å². The highest BCUT2D eigenvalue weighted by Gasteiger charge is 2.66. The maximum atomic E-state index is 15.0. The topological polar surface area (TPSA) is 138 Å². The van der Waals surface area contributed by atoms with Crippen molar-refractivity contribution < 1.29 is 38.9 Å². The van der Waals surface area contributed by atoms with Gasteiger partial charge in [-0.15, -0.1) is 0 Å². The Morgan fingerprint density at radius 3 is 2.30 bits per heavy atom. The molecule has 0 bridgehead atoms. The third-order valence-corrected chi connectivity index (χ3v) is 10.6. The van der Waals surface area contributed by atoms with E-state index in [9.17, 15) is 34.2 Å². The van der Waals surface area contributed by atoms with Crippen molar-refractivity contribution in [1.29, 1.82) is 0 Å². The summed E-state index contributed by atoms with van der Waals surface area (Å²) in [5, 5.41) is 20.8. The Hall–Kier alpha value is -5.31. The van der Waals surface area contributed by atoms with Crippen LogP contribution in [0.2, 0.25) is 0 Å². The number of aliphatic carboxylic acids is 1. The fourth-order valence-corrected chi connectivity index (χ4v) is 8.61. The summed E-state index contributed by atoms with van der Waals surface area (Å²) in [7, 11) is 1.48. The van der Waals surface area contributed by atoms with Crippen molar-refractivity contribution >= 4 is 34.9 Å². The van der Waals surface area contributed by atoms with Gasteiger partial charge in [0.15, 0.2) is 11.6 Å². The van der Waals surface area contributed by atoms with Crippen molar-refractivity contribution in [3.8, 4) is 11.5 Å². The Labute approximate surface area is 271 Å². The summed E-state index contributed by atoms with van der Waals surface area (Å²) in [6.07, 6.45) is 3.29. The number of Topliss-reactive ketones (excluding diaryl/α,β-unsaturated/α-hetero) is 1. The number of carbonyl (C=O) groups excluding carboxylic acids is 4. The first-order valence-corrected chi connectivity index (χ1v) is 15.7. The molecule has 6 atom stereocenters. The molecule has 1 saturated carbocycles. The molecule has 7 rings (SSSR count). The standard InChI is InChI=1S/C38H33NO8/c1-47-23-12-13-25(30(40)18-23)34-24-14-15-26-33(37(46)39(36(26)45)17-16-32(42)43)28(24)19-29-35(44)27(21-8-4-2-5-9-21)20-31(41)38(29,34)22-10-6-3-7-11-22/h2-14,18,20,26,28-29,33-34,40H,15-17,19H2,1H3,(H,42,43). The number of aromatic hydroxyl groups is 1. The van der Waals surface area contributed by atoms with Crippen molar-refractivity contribution in [2.24, 2.45) is 23.7 Å². The maximum Gasteiger partial charge on any atom is 0.305 e. The van der Waals surface area contributed by atoms with Gasteiger partial charge in [-0.3, -0.25) is 28.9 Å². The lowest BCUT2D eigenvalue weighted by molar-refractivity contribution is -0.142. The third kappa shape index (κ3) is 4.55. The zero-order chi connectivity index (χ0) is 33.0. The lowest BCUT2D eigenvalue weighted by Gasteiger charge is -2.55. The summed E-state index contributed by atoms with van der Waals surface area (Å²) < 4.78 is 5.36. The van der Waals surface area contributed by atoms with Crippen molar-refractivity contribution in [2.45, 2.75) is 30.6 Å². The number of hydrogen-bond acceptors (Lipinski definition) is 7. The molecule has 2 N–H and O–H groups in total. The number of methoxy groups -OCH3 is 1. The van der Waals surface area contributed by atoms with Gasteiger partial charge in [0.05, 0.1) is 30.8 Å². The monoisotopic (exact) mass is 631 g/mol. The third-order valence-electron chi connectivity index (χ3n) is 10.6. The zero-order valence-corrected chi connectivity index (χ0v) is 25.7. The molecular weight excluding hydrogens is 598 g/mol. The Bertz CT molecular complexity index is 1880. The van der Waals surface area contributed by atoms with Crippen LogP contribution in [0.5, 0.6) is 11.5 Å². The van der Waals surface area contributed by atoms with Crippen molar-refractivity contribution in [1.82, 2.24) is 4.90 Å². The number of amides is 2. The molecule has 47 heavy (non-hydrogen) atoms. The van der Waals surface area contributed by atoms with E-state index in [2.05, 4.69) is 0 Å². The molecule has 0 spiro atoms. The van der Waals surface area contributed by atoms with Gasteiger partial charge in [0.25, 0.3) is 0 Å². The molecule has 0 radical (unpaired) electrons. The first-order chi connectivity index (χ1) is 22.7. The first-order valence-electron chi connectivity index (χ1n) is 15.7. The highest BCUT2D eigenvalue weighted by Crippen LogP contribution is 2.64. The summed E-state index contributed by atoms with van der Waals surface area (Å²) in [4.78, 5) is 69.8. The van der Waals surface area contributed by atoms with E-state index in [-0.39, 0.29) is 48.7 Å². The van der Waals surface area contributed by atoms with Crippen LogP contribution in [-0.2, 0) is 29.4 Å². The van der Waals surface area contributed by atoms with Crippen LogP contribution in [0.15, 0.2) is 96.6 Å². The van der Waals surface area contributed by atoms with E-state index in [0.29, 0.717) is 28.0 Å². The number of ketones is 2. The van der Waals surface area contributed by atoms with Crippen LogP contribution in [0.4, 0.5) is 0 Å². The number of nitrogens with zero attached hydrogens (tertiary/aromatic N) is 1. The van der Waals surface area contributed by atoms with E-state index < -0.39 is 52.8 Å². The number of benzene rings is 3. The van der Waals surface area contributed by atoms with Crippen LogP contribution in [0.1, 0.15) is 41.9 Å². The highest BCUT2D eigenvalue weighted by atomic mass is 16.5.